The Kier molecular flexibility index (Phi) is 7.72. The number of rotatable bonds is 7. The van der Waals surface area contributed by atoms with Crippen molar-refractivity contribution in [2.45, 2.75) is 42.9 Å². The monoisotopic (exact) mass is 376 g/mol. The van der Waals surface area contributed by atoms with Gasteiger partial charge in [-0.3, -0.25) is 14.4 Å². The SMILES string of the molecule is COC(=O)CC/C=C/C1SC(NC(=O)c2ccccc2)CC1NC(C)=O. The summed E-state index contributed by atoms with van der Waals surface area (Å²) in [6.07, 6.45) is 5.46. The minimum atomic E-state index is -0.250. The Morgan fingerprint density at radius 3 is 2.62 bits per heavy atom. The van der Waals surface area contributed by atoms with Crippen molar-refractivity contribution in [1.29, 1.82) is 0 Å². The zero-order valence-electron chi connectivity index (χ0n) is 14.9. The summed E-state index contributed by atoms with van der Waals surface area (Å²) in [7, 11) is 1.37. The van der Waals surface area contributed by atoms with Crippen LogP contribution in [0.3, 0.4) is 0 Å². The Labute approximate surface area is 157 Å². The van der Waals surface area contributed by atoms with Crippen LogP contribution in [0.1, 0.15) is 36.5 Å². The van der Waals surface area contributed by atoms with Gasteiger partial charge in [0.1, 0.15) is 0 Å². The van der Waals surface area contributed by atoms with Crippen LogP contribution < -0.4 is 10.6 Å². The van der Waals surface area contributed by atoms with Crippen LogP contribution >= 0.6 is 11.8 Å². The predicted molar refractivity (Wildman–Crippen MR) is 102 cm³/mol. The van der Waals surface area contributed by atoms with E-state index in [0.717, 1.165) is 0 Å². The predicted octanol–water partition coefficient (Wildman–Crippen LogP) is 2.26. The largest absolute Gasteiger partial charge is 0.469 e. The van der Waals surface area contributed by atoms with Crippen LogP contribution in [0.15, 0.2) is 42.5 Å². The highest BCUT2D eigenvalue weighted by Crippen LogP contribution is 2.34. The number of esters is 1. The maximum atomic E-state index is 12.3. The molecule has 2 rings (SSSR count). The smallest absolute Gasteiger partial charge is 0.305 e. The summed E-state index contributed by atoms with van der Waals surface area (Å²) in [5.74, 6) is -0.473. The van der Waals surface area contributed by atoms with Crippen molar-refractivity contribution in [3.05, 3.63) is 48.0 Å². The lowest BCUT2D eigenvalue weighted by Gasteiger charge is -2.15. The van der Waals surface area contributed by atoms with Gasteiger partial charge in [-0.15, -0.1) is 11.8 Å². The van der Waals surface area contributed by atoms with E-state index in [1.807, 2.05) is 30.4 Å². The molecule has 0 spiro atoms. The van der Waals surface area contributed by atoms with Gasteiger partial charge in [-0.2, -0.15) is 0 Å². The van der Waals surface area contributed by atoms with Gasteiger partial charge in [0.2, 0.25) is 5.91 Å². The molecule has 3 unspecified atom stereocenters. The number of hydrogen-bond acceptors (Lipinski definition) is 5. The van der Waals surface area contributed by atoms with Crippen LogP contribution in [0.2, 0.25) is 0 Å². The number of allylic oxidation sites excluding steroid dienone is 1. The number of hydrogen-bond donors (Lipinski definition) is 2. The van der Waals surface area contributed by atoms with Crippen LogP contribution in [-0.4, -0.2) is 41.6 Å². The molecule has 7 heteroatoms. The molecule has 1 aromatic rings. The zero-order chi connectivity index (χ0) is 18.9. The Balaban J connectivity index is 1.94. The second kappa shape index (κ2) is 10.0. The van der Waals surface area contributed by atoms with Crippen LogP contribution in [0.5, 0.6) is 0 Å². The third-order valence-electron chi connectivity index (χ3n) is 3.97. The lowest BCUT2D eigenvalue weighted by atomic mass is 10.1. The Bertz CT molecular complexity index is 663. The van der Waals surface area contributed by atoms with Crippen LogP contribution in [0.4, 0.5) is 0 Å². The van der Waals surface area contributed by atoms with Crippen molar-refractivity contribution >= 4 is 29.5 Å². The third-order valence-corrected chi connectivity index (χ3v) is 5.41. The van der Waals surface area contributed by atoms with Gasteiger partial charge in [-0.1, -0.05) is 30.4 Å². The standard InChI is InChI=1S/C19H24N2O4S/c1-13(22)20-15-12-17(21-19(24)14-8-4-3-5-9-14)26-16(15)10-6-7-11-18(23)25-2/h3-6,8-10,15-17H,7,11-12H2,1-2H3,(H,20,22)(H,21,24)/b10-6+. The van der Waals surface area contributed by atoms with Crippen molar-refractivity contribution in [2.75, 3.05) is 7.11 Å². The second-order valence-electron chi connectivity index (χ2n) is 6.01. The van der Waals surface area contributed by atoms with E-state index in [-0.39, 0.29) is 34.4 Å². The summed E-state index contributed by atoms with van der Waals surface area (Å²) in [5, 5.41) is 5.90. The normalized spacial score (nSPS) is 22.2. The van der Waals surface area contributed by atoms with Crippen LogP contribution in [0.25, 0.3) is 0 Å². The van der Waals surface area contributed by atoms with Crippen LogP contribution in [0, 0.1) is 0 Å². The molecular weight excluding hydrogens is 352 g/mol. The molecule has 1 fully saturated rings. The van der Waals surface area contributed by atoms with Gasteiger partial charge in [-0.25, -0.2) is 0 Å². The summed E-state index contributed by atoms with van der Waals surface area (Å²) in [5.41, 5.74) is 0.612. The van der Waals surface area contributed by atoms with E-state index in [1.165, 1.54) is 14.0 Å². The van der Waals surface area contributed by atoms with Crippen molar-refractivity contribution in [3.63, 3.8) is 0 Å². The molecule has 2 N–H and O–H groups in total. The molecule has 26 heavy (non-hydrogen) atoms. The quantitative estimate of drug-likeness (QED) is 0.563. The van der Waals surface area contributed by atoms with E-state index in [2.05, 4.69) is 15.4 Å². The van der Waals surface area contributed by atoms with Crippen molar-refractivity contribution in [1.82, 2.24) is 10.6 Å². The minimum absolute atomic E-state index is 0.0395. The Morgan fingerprint density at radius 2 is 1.96 bits per heavy atom. The summed E-state index contributed by atoms with van der Waals surface area (Å²) in [4.78, 5) is 34.9. The number of nitrogens with one attached hydrogen (secondary N) is 2. The van der Waals surface area contributed by atoms with E-state index in [0.29, 0.717) is 24.8 Å². The number of ether oxygens (including phenoxy) is 1. The van der Waals surface area contributed by atoms with Gasteiger partial charge in [0.15, 0.2) is 0 Å². The molecule has 1 aromatic carbocycles. The van der Waals surface area contributed by atoms with E-state index in [9.17, 15) is 14.4 Å². The molecule has 6 nitrogen and oxygen atoms in total. The molecule has 1 aliphatic rings. The molecule has 0 bridgehead atoms. The number of methoxy groups -OCH3 is 1. The minimum Gasteiger partial charge on any atom is -0.469 e. The van der Waals surface area contributed by atoms with E-state index in [1.54, 1.807) is 23.9 Å². The highest BCUT2D eigenvalue weighted by atomic mass is 32.2. The fraction of sp³-hybridized carbons (Fsp3) is 0.421. The average Bonchev–Trinajstić information content (AvgIpc) is 2.99. The third kappa shape index (κ3) is 6.22. The fourth-order valence-electron chi connectivity index (χ4n) is 2.73. The summed E-state index contributed by atoms with van der Waals surface area (Å²) < 4.78 is 4.62. The average molecular weight is 376 g/mol. The molecule has 0 aromatic heterocycles. The maximum absolute atomic E-state index is 12.3. The Morgan fingerprint density at radius 1 is 1.23 bits per heavy atom. The van der Waals surface area contributed by atoms with Crippen molar-refractivity contribution in [3.8, 4) is 0 Å². The number of benzene rings is 1. The summed E-state index contributed by atoms with van der Waals surface area (Å²) >= 11 is 1.60. The van der Waals surface area contributed by atoms with Gasteiger partial charge in [-0.05, 0) is 25.0 Å². The fourth-order valence-corrected chi connectivity index (χ4v) is 4.18. The molecule has 0 radical (unpaired) electrons. The van der Waals surface area contributed by atoms with Gasteiger partial charge in [0, 0.05) is 30.2 Å². The van der Waals surface area contributed by atoms with Crippen molar-refractivity contribution in [2.24, 2.45) is 0 Å². The Hall–Kier alpha value is -2.28. The summed E-state index contributed by atoms with van der Waals surface area (Å²) in [6, 6.07) is 8.98. The highest BCUT2D eigenvalue weighted by Gasteiger charge is 2.34. The molecule has 1 aliphatic heterocycles. The first-order valence-corrected chi connectivity index (χ1v) is 9.46. The molecule has 1 saturated heterocycles. The first kappa shape index (κ1) is 20.0. The topological polar surface area (TPSA) is 84.5 Å². The molecular formula is C19H24N2O4S. The molecule has 0 saturated carbocycles. The van der Waals surface area contributed by atoms with Gasteiger partial charge in [0.05, 0.1) is 12.5 Å². The molecule has 140 valence electrons. The van der Waals surface area contributed by atoms with E-state index < -0.39 is 0 Å². The lowest BCUT2D eigenvalue weighted by Crippen LogP contribution is -2.38. The first-order chi connectivity index (χ1) is 12.5. The molecule has 1 heterocycles. The number of thioether (sulfide) groups is 1. The van der Waals surface area contributed by atoms with E-state index in [4.69, 9.17) is 0 Å². The van der Waals surface area contributed by atoms with Crippen molar-refractivity contribution < 1.29 is 19.1 Å². The zero-order valence-corrected chi connectivity index (χ0v) is 15.8. The summed E-state index contributed by atoms with van der Waals surface area (Å²) in [6.45, 7) is 1.48. The van der Waals surface area contributed by atoms with Gasteiger partial charge in [0.25, 0.3) is 5.91 Å². The lowest BCUT2D eigenvalue weighted by molar-refractivity contribution is -0.140. The second-order valence-corrected chi connectivity index (χ2v) is 7.40. The number of amides is 2. The molecule has 0 aliphatic carbocycles. The van der Waals surface area contributed by atoms with Gasteiger partial charge >= 0.3 is 5.97 Å². The molecule has 2 amide bonds. The van der Waals surface area contributed by atoms with Gasteiger partial charge < -0.3 is 15.4 Å². The first-order valence-electron chi connectivity index (χ1n) is 8.51. The number of carbonyl (C=O) groups is 3. The van der Waals surface area contributed by atoms with E-state index >= 15 is 0 Å². The maximum Gasteiger partial charge on any atom is 0.305 e. The number of carbonyl (C=O) groups excluding carboxylic acids is 3. The van der Waals surface area contributed by atoms with Crippen LogP contribution in [-0.2, 0) is 14.3 Å². The molecule has 3 atom stereocenters. The highest BCUT2D eigenvalue weighted by molar-refractivity contribution is 8.01.